The van der Waals surface area contributed by atoms with Crippen LogP contribution >= 0.6 is 0 Å². The van der Waals surface area contributed by atoms with Gasteiger partial charge in [-0.05, 0) is 81.5 Å². The standard InChI is InChI=1S/C24H31N3/c1-17-14-20(7-5-6-19-8-11-25-18(2)16-19)24-22(15-17)21-9-12-26(3)13-10-23(21)27(24)4/h8,11,14-16H,5-7,9-10,12-13H2,1-4H3. The molecule has 0 N–H and O–H groups in total. The van der Waals surface area contributed by atoms with Crippen molar-refractivity contribution in [2.75, 3.05) is 20.1 Å². The van der Waals surface area contributed by atoms with E-state index >= 15 is 0 Å². The summed E-state index contributed by atoms with van der Waals surface area (Å²) >= 11 is 0. The molecule has 1 aromatic carbocycles. The third kappa shape index (κ3) is 3.66. The molecular formula is C24H31N3. The second-order valence-corrected chi connectivity index (χ2v) is 8.27. The Balaban J connectivity index is 1.64. The fourth-order valence-electron chi connectivity index (χ4n) is 4.71. The number of aromatic nitrogens is 2. The third-order valence-electron chi connectivity index (χ3n) is 6.09. The molecule has 0 spiro atoms. The van der Waals surface area contributed by atoms with Gasteiger partial charge in [0.1, 0.15) is 0 Å². The number of hydrogen-bond donors (Lipinski definition) is 0. The van der Waals surface area contributed by atoms with Crippen LogP contribution in [0.1, 0.15) is 40.1 Å². The molecule has 142 valence electrons. The molecule has 4 rings (SSSR count). The first-order chi connectivity index (χ1) is 13.0. The average Bonchev–Trinajstić information content (AvgIpc) is 2.76. The van der Waals surface area contributed by atoms with E-state index < -0.39 is 0 Å². The maximum absolute atomic E-state index is 4.31. The lowest BCUT2D eigenvalue weighted by Crippen LogP contribution is -2.21. The molecule has 0 amide bonds. The number of fused-ring (bicyclic) bond motifs is 3. The first kappa shape index (κ1) is 18.2. The molecule has 3 heterocycles. The van der Waals surface area contributed by atoms with Crippen LogP contribution in [0, 0.1) is 13.8 Å². The highest BCUT2D eigenvalue weighted by Crippen LogP contribution is 2.32. The summed E-state index contributed by atoms with van der Waals surface area (Å²) in [7, 11) is 4.52. The van der Waals surface area contributed by atoms with Crippen molar-refractivity contribution in [1.82, 2.24) is 14.5 Å². The minimum absolute atomic E-state index is 1.11. The average molecular weight is 362 g/mol. The Morgan fingerprint density at radius 1 is 1.00 bits per heavy atom. The largest absolute Gasteiger partial charge is 0.347 e. The monoisotopic (exact) mass is 361 g/mol. The highest BCUT2D eigenvalue weighted by molar-refractivity contribution is 5.89. The molecule has 3 aromatic rings. The Hall–Kier alpha value is -2.13. The van der Waals surface area contributed by atoms with Crippen molar-refractivity contribution in [1.29, 1.82) is 0 Å². The predicted molar refractivity (Wildman–Crippen MR) is 114 cm³/mol. The van der Waals surface area contributed by atoms with Gasteiger partial charge in [0.25, 0.3) is 0 Å². The molecule has 1 aliphatic heterocycles. The van der Waals surface area contributed by atoms with Gasteiger partial charge in [0, 0.05) is 49.5 Å². The maximum atomic E-state index is 4.31. The normalized spacial score (nSPS) is 15.1. The van der Waals surface area contributed by atoms with E-state index in [-0.39, 0.29) is 0 Å². The molecule has 1 aliphatic rings. The third-order valence-corrected chi connectivity index (χ3v) is 6.09. The number of nitrogens with zero attached hydrogens (tertiary/aromatic N) is 3. The van der Waals surface area contributed by atoms with Gasteiger partial charge >= 0.3 is 0 Å². The van der Waals surface area contributed by atoms with Gasteiger partial charge in [0.2, 0.25) is 0 Å². The second-order valence-electron chi connectivity index (χ2n) is 8.27. The van der Waals surface area contributed by atoms with Gasteiger partial charge in [-0.1, -0.05) is 11.6 Å². The Morgan fingerprint density at radius 3 is 2.63 bits per heavy atom. The molecule has 0 fully saturated rings. The zero-order chi connectivity index (χ0) is 19.0. The summed E-state index contributed by atoms with van der Waals surface area (Å²) in [4.78, 5) is 6.77. The molecule has 27 heavy (non-hydrogen) atoms. The molecule has 0 bridgehead atoms. The number of aryl methyl sites for hydroxylation is 5. The van der Waals surface area contributed by atoms with E-state index in [1.54, 1.807) is 11.3 Å². The Morgan fingerprint density at radius 2 is 1.81 bits per heavy atom. The van der Waals surface area contributed by atoms with Crippen molar-refractivity contribution < 1.29 is 0 Å². The van der Waals surface area contributed by atoms with E-state index in [1.165, 1.54) is 40.4 Å². The lowest BCUT2D eigenvalue weighted by atomic mass is 9.98. The first-order valence-corrected chi connectivity index (χ1v) is 10.2. The van der Waals surface area contributed by atoms with Gasteiger partial charge in [-0.25, -0.2) is 0 Å². The zero-order valence-electron chi connectivity index (χ0n) is 17.2. The van der Waals surface area contributed by atoms with Crippen molar-refractivity contribution in [2.45, 2.75) is 46.0 Å². The topological polar surface area (TPSA) is 21.1 Å². The van der Waals surface area contributed by atoms with Crippen LogP contribution in [-0.2, 0) is 32.7 Å². The van der Waals surface area contributed by atoms with Crippen molar-refractivity contribution in [2.24, 2.45) is 7.05 Å². The van der Waals surface area contributed by atoms with Gasteiger partial charge in [-0.3, -0.25) is 4.98 Å². The zero-order valence-corrected chi connectivity index (χ0v) is 17.2. The number of rotatable bonds is 4. The van der Waals surface area contributed by atoms with Crippen LogP contribution in [0.2, 0.25) is 0 Å². The second kappa shape index (κ2) is 7.47. The van der Waals surface area contributed by atoms with Gasteiger partial charge in [0.15, 0.2) is 0 Å². The maximum Gasteiger partial charge on any atom is 0.0515 e. The van der Waals surface area contributed by atoms with Crippen LogP contribution in [0.3, 0.4) is 0 Å². The molecule has 0 saturated carbocycles. The fraction of sp³-hybridized carbons (Fsp3) is 0.458. The fourth-order valence-corrected chi connectivity index (χ4v) is 4.71. The van der Waals surface area contributed by atoms with Crippen molar-refractivity contribution in [3.63, 3.8) is 0 Å². The van der Waals surface area contributed by atoms with E-state index in [9.17, 15) is 0 Å². The van der Waals surface area contributed by atoms with E-state index in [2.05, 4.69) is 66.7 Å². The lowest BCUT2D eigenvalue weighted by Gasteiger charge is -2.13. The number of likely N-dealkylation sites (N-methyl/N-ethyl adjacent to an activating group) is 1. The summed E-state index contributed by atoms with van der Waals surface area (Å²) in [6.07, 6.45) is 7.69. The van der Waals surface area contributed by atoms with Gasteiger partial charge < -0.3 is 9.47 Å². The smallest absolute Gasteiger partial charge is 0.0515 e. The van der Waals surface area contributed by atoms with Gasteiger partial charge in [0.05, 0.1) is 5.52 Å². The lowest BCUT2D eigenvalue weighted by molar-refractivity contribution is 0.351. The number of benzene rings is 1. The minimum atomic E-state index is 1.11. The van der Waals surface area contributed by atoms with E-state index in [0.717, 1.165) is 38.0 Å². The summed E-state index contributed by atoms with van der Waals surface area (Å²) in [5.74, 6) is 0. The molecule has 0 unspecified atom stereocenters. The molecule has 0 radical (unpaired) electrons. The van der Waals surface area contributed by atoms with Crippen LogP contribution in [0.25, 0.3) is 10.9 Å². The summed E-state index contributed by atoms with van der Waals surface area (Å²) in [6, 6.07) is 9.19. The minimum Gasteiger partial charge on any atom is -0.347 e. The van der Waals surface area contributed by atoms with Crippen LogP contribution in [0.4, 0.5) is 0 Å². The van der Waals surface area contributed by atoms with E-state index in [0.29, 0.717) is 0 Å². The quantitative estimate of drug-likeness (QED) is 0.687. The summed E-state index contributed by atoms with van der Waals surface area (Å²) in [5.41, 5.74) is 10.0. The number of hydrogen-bond acceptors (Lipinski definition) is 2. The Kier molecular flexibility index (Phi) is 5.05. The molecule has 0 atom stereocenters. The van der Waals surface area contributed by atoms with Crippen LogP contribution in [0.5, 0.6) is 0 Å². The Bertz CT molecular complexity index is 967. The molecule has 3 nitrogen and oxygen atoms in total. The SMILES string of the molecule is Cc1cc(CCCc2ccnc(C)c2)c2c(c1)c1c(n2C)CCN(C)CC1. The van der Waals surface area contributed by atoms with Crippen molar-refractivity contribution >= 4 is 10.9 Å². The van der Waals surface area contributed by atoms with Crippen LogP contribution < -0.4 is 0 Å². The predicted octanol–water partition coefficient (Wildman–Crippen LogP) is 4.40. The first-order valence-electron chi connectivity index (χ1n) is 10.2. The molecular weight excluding hydrogens is 330 g/mol. The van der Waals surface area contributed by atoms with Crippen LogP contribution in [-0.4, -0.2) is 34.6 Å². The molecule has 3 heteroatoms. The summed E-state index contributed by atoms with van der Waals surface area (Å²) in [5, 5.41) is 1.50. The molecule has 0 saturated heterocycles. The van der Waals surface area contributed by atoms with Crippen molar-refractivity contribution in [3.8, 4) is 0 Å². The highest BCUT2D eigenvalue weighted by atomic mass is 15.1. The Labute approximate surface area is 163 Å². The number of pyridine rings is 1. The molecule has 0 aliphatic carbocycles. The van der Waals surface area contributed by atoms with E-state index in [4.69, 9.17) is 0 Å². The van der Waals surface area contributed by atoms with Gasteiger partial charge in [-0.2, -0.15) is 0 Å². The summed E-state index contributed by atoms with van der Waals surface area (Å²) < 4.78 is 2.50. The molecule has 2 aromatic heterocycles. The van der Waals surface area contributed by atoms with Crippen LogP contribution in [0.15, 0.2) is 30.5 Å². The van der Waals surface area contributed by atoms with Gasteiger partial charge in [-0.15, -0.1) is 0 Å². The highest BCUT2D eigenvalue weighted by Gasteiger charge is 2.20. The van der Waals surface area contributed by atoms with Crippen molar-refractivity contribution in [3.05, 3.63) is 64.1 Å². The summed E-state index contributed by atoms with van der Waals surface area (Å²) in [6.45, 7) is 6.64. The van der Waals surface area contributed by atoms with E-state index in [1.807, 2.05) is 6.20 Å².